The first-order valence-corrected chi connectivity index (χ1v) is 11.8. The number of hydrazone groups is 1. The van der Waals surface area contributed by atoms with Crippen molar-refractivity contribution in [1.29, 1.82) is 0 Å². The molecule has 1 aromatic heterocycles. The van der Waals surface area contributed by atoms with Crippen LogP contribution in [0.2, 0.25) is 0 Å². The number of rotatable bonds is 8. The third kappa shape index (κ3) is 5.92. The SMILES string of the molecule is COc1ccc(NS(=O)(=O)c2cccc(C(=O)N/N=C/c3ccc(-c4ccc(F)cc4)o3)c2)cc1. The van der Waals surface area contributed by atoms with Crippen LogP contribution in [0.4, 0.5) is 10.1 Å². The number of carbonyl (C=O) groups excluding carboxylic acids is 1. The number of halogens is 1. The van der Waals surface area contributed by atoms with Crippen molar-refractivity contribution in [2.75, 3.05) is 11.8 Å². The largest absolute Gasteiger partial charge is 0.497 e. The molecule has 2 N–H and O–H groups in total. The topological polar surface area (TPSA) is 110 Å². The summed E-state index contributed by atoms with van der Waals surface area (Å²) in [7, 11) is -2.41. The van der Waals surface area contributed by atoms with Crippen molar-refractivity contribution in [3.05, 3.63) is 102 Å². The molecule has 0 atom stereocenters. The van der Waals surface area contributed by atoms with Gasteiger partial charge in [0, 0.05) is 16.8 Å². The van der Waals surface area contributed by atoms with Gasteiger partial charge in [0.05, 0.1) is 18.2 Å². The second kappa shape index (κ2) is 10.2. The maximum atomic E-state index is 13.1. The fourth-order valence-electron chi connectivity index (χ4n) is 3.09. The Morgan fingerprint density at radius 1 is 1.00 bits per heavy atom. The summed E-state index contributed by atoms with van der Waals surface area (Å²) >= 11 is 0. The van der Waals surface area contributed by atoms with Gasteiger partial charge in [-0.15, -0.1) is 0 Å². The number of anilines is 1. The van der Waals surface area contributed by atoms with E-state index >= 15 is 0 Å². The molecule has 3 aromatic carbocycles. The lowest BCUT2D eigenvalue weighted by Gasteiger charge is -2.09. The summed E-state index contributed by atoms with van der Waals surface area (Å²) in [6, 6.07) is 21.1. The normalized spacial score (nSPS) is 11.4. The van der Waals surface area contributed by atoms with Gasteiger partial charge in [0.15, 0.2) is 0 Å². The first-order chi connectivity index (χ1) is 16.8. The Labute approximate surface area is 201 Å². The Morgan fingerprint density at radius 3 is 2.46 bits per heavy atom. The highest BCUT2D eigenvalue weighted by Crippen LogP contribution is 2.22. The van der Waals surface area contributed by atoms with Crippen molar-refractivity contribution in [2.45, 2.75) is 4.90 Å². The van der Waals surface area contributed by atoms with Crippen LogP contribution in [0.1, 0.15) is 16.1 Å². The van der Waals surface area contributed by atoms with Gasteiger partial charge in [-0.05, 0) is 78.9 Å². The zero-order valence-electron chi connectivity index (χ0n) is 18.4. The van der Waals surface area contributed by atoms with Crippen LogP contribution in [-0.4, -0.2) is 27.6 Å². The average molecular weight is 494 g/mol. The predicted molar refractivity (Wildman–Crippen MR) is 129 cm³/mol. The maximum absolute atomic E-state index is 13.1. The Hall–Kier alpha value is -4.44. The van der Waals surface area contributed by atoms with Gasteiger partial charge < -0.3 is 9.15 Å². The molecule has 0 unspecified atom stereocenters. The minimum atomic E-state index is -3.93. The Bertz CT molecular complexity index is 1460. The lowest BCUT2D eigenvalue weighted by Crippen LogP contribution is -2.19. The van der Waals surface area contributed by atoms with Crippen LogP contribution in [0, 0.1) is 5.82 Å². The number of methoxy groups -OCH3 is 1. The number of ether oxygens (including phenoxy) is 1. The summed E-state index contributed by atoms with van der Waals surface area (Å²) in [5, 5.41) is 3.86. The number of nitrogens with one attached hydrogen (secondary N) is 2. The van der Waals surface area contributed by atoms with Crippen molar-refractivity contribution in [2.24, 2.45) is 5.10 Å². The molecule has 1 heterocycles. The summed E-state index contributed by atoms with van der Waals surface area (Å²) in [5.74, 6) is 0.518. The van der Waals surface area contributed by atoms with Crippen molar-refractivity contribution in [3.8, 4) is 17.1 Å². The molecule has 0 bridgehead atoms. The number of furan rings is 1. The number of nitrogens with zero attached hydrogens (tertiary/aromatic N) is 1. The molecular formula is C25H20FN3O5S. The van der Waals surface area contributed by atoms with Crippen LogP contribution in [-0.2, 0) is 10.0 Å². The molecule has 0 saturated heterocycles. The molecule has 0 aliphatic heterocycles. The van der Waals surface area contributed by atoms with Gasteiger partial charge in [-0.1, -0.05) is 6.07 Å². The van der Waals surface area contributed by atoms with E-state index in [4.69, 9.17) is 9.15 Å². The van der Waals surface area contributed by atoms with Gasteiger partial charge >= 0.3 is 0 Å². The number of hydrogen-bond donors (Lipinski definition) is 2. The van der Waals surface area contributed by atoms with Crippen molar-refractivity contribution < 1.29 is 26.8 Å². The Balaban J connectivity index is 1.41. The molecule has 0 saturated carbocycles. The summed E-state index contributed by atoms with van der Waals surface area (Å²) in [5.41, 5.74) is 3.48. The van der Waals surface area contributed by atoms with Crippen molar-refractivity contribution >= 4 is 27.8 Å². The van der Waals surface area contributed by atoms with Crippen LogP contribution in [0.3, 0.4) is 0 Å². The summed E-state index contributed by atoms with van der Waals surface area (Å²) in [4.78, 5) is 12.4. The zero-order chi connectivity index (χ0) is 24.8. The predicted octanol–water partition coefficient (Wildman–Crippen LogP) is 4.66. The third-order valence-corrected chi connectivity index (χ3v) is 6.24. The van der Waals surface area contributed by atoms with Crippen LogP contribution in [0.15, 0.2) is 99.3 Å². The molecule has 8 nitrogen and oxygen atoms in total. The number of amides is 1. The van der Waals surface area contributed by atoms with E-state index in [9.17, 15) is 17.6 Å². The van der Waals surface area contributed by atoms with E-state index in [2.05, 4.69) is 15.2 Å². The molecule has 0 spiro atoms. The molecule has 0 fully saturated rings. The molecule has 0 aliphatic rings. The molecule has 1 amide bonds. The fourth-order valence-corrected chi connectivity index (χ4v) is 4.19. The average Bonchev–Trinajstić information content (AvgIpc) is 3.33. The molecule has 0 aliphatic carbocycles. The molecule has 178 valence electrons. The highest BCUT2D eigenvalue weighted by Gasteiger charge is 2.16. The molecule has 0 radical (unpaired) electrons. The number of carbonyl (C=O) groups is 1. The first kappa shape index (κ1) is 23.7. The van der Waals surface area contributed by atoms with E-state index in [1.54, 1.807) is 48.5 Å². The first-order valence-electron chi connectivity index (χ1n) is 10.3. The van der Waals surface area contributed by atoms with E-state index in [1.165, 1.54) is 49.7 Å². The van der Waals surface area contributed by atoms with Crippen LogP contribution < -0.4 is 14.9 Å². The Kier molecular flexibility index (Phi) is 6.93. The number of hydrogen-bond acceptors (Lipinski definition) is 6. The number of sulfonamides is 1. The monoisotopic (exact) mass is 493 g/mol. The molecule has 4 aromatic rings. The molecule has 10 heteroatoms. The van der Waals surface area contributed by atoms with E-state index in [0.717, 1.165) is 0 Å². The van der Waals surface area contributed by atoms with Crippen LogP contribution in [0.5, 0.6) is 5.75 Å². The quantitative estimate of drug-likeness (QED) is 0.274. The third-order valence-electron chi connectivity index (χ3n) is 4.86. The number of benzene rings is 3. The summed E-state index contributed by atoms with van der Waals surface area (Å²) in [6.45, 7) is 0. The minimum Gasteiger partial charge on any atom is -0.497 e. The second-order valence-corrected chi connectivity index (χ2v) is 8.95. The molecule has 4 rings (SSSR count). The van der Waals surface area contributed by atoms with Gasteiger partial charge in [-0.25, -0.2) is 18.2 Å². The second-order valence-electron chi connectivity index (χ2n) is 7.27. The summed E-state index contributed by atoms with van der Waals surface area (Å²) < 4.78 is 51.7. The Morgan fingerprint density at radius 2 is 1.74 bits per heavy atom. The molecule has 35 heavy (non-hydrogen) atoms. The maximum Gasteiger partial charge on any atom is 0.271 e. The van der Waals surface area contributed by atoms with Gasteiger partial charge in [0.25, 0.3) is 15.9 Å². The fraction of sp³-hybridized carbons (Fsp3) is 0.0400. The van der Waals surface area contributed by atoms with Gasteiger partial charge in [0.1, 0.15) is 23.1 Å². The molecular weight excluding hydrogens is 473 g/mol. The lowest BCUT2D eigenvalue weighted by atomic mass is 10.2. The van der Waals surface area contributed by atoms with Crippen molar-refractivity contribution in [3.63, 3.8) is 0 Å². The van der Waals surface area contributed by atoms with Crippen LogP contribution in [0.25, 0.3) is 11.3 Å². The van der Waals surface area contributed by atoms with Gasteiger partial charge in [0.2, 0.25) is 0 Å². The highest BCUT2D eigenvalue weighted by molar-refractivity contribution is 7.92. The van der Waals surface area contributed by atoms with E-state index in [-0.39, 0.29) is 16.3 Å². The zero-order valence-corrected chi connectivity index (χ0v) is 19.3. The van der Waals surface area contributed by atoms with Gasteiger partial charge in [-0.3, -0.25) is 9.52 Å². The van der Waals surface area contributed by atoms with E-state index < -0.39 is 15.9 Å². The highest BCUT2D eigenvalue weighted by atomic mass is 32.2. The van der Waals surface area contributed by atoms with Crippen LogP contribution >= 0.6 is 0 Å². The van der Waals surface area contributed by atoms with E-state index in [0.29, 0.717) is 28.5 Å². The summed E-state index contributed by atoms with van der Waals surface area (Å²) in [6.07, 6.45) is 1.30. The minimum absolute atomic E-state index is 0.0834. The lowest BCUT2D eigenvalue weighted by molar-refractivity contribution is 0.0955. The standard InChI is InChI=1S/C25H20FN3O5S/c1-33-21-11-9-20(10-12-21)29-35(31,32)23-4-2-3-18(15-23)25(30)28-27-16-22-13-14-24(34-22)17-5-7-19(26)8-6-17/h2-16,29H,1H3,(H,28,30)/b27-16+. The van der Waals surface area contributed by atoms with Crippen molar-refractivity contribution in [1.82, 2.24) is 5.43 Å². The van der Waals surface area contributed by atoms with Gasteiger partial charge in [-0.2, -0.15) is 5.10 Å². The van der Waals surface area contributed by atoms with E-state index in [1.807, 2.05) is 0 Å². The smallest absolute Gasteiger partial charge is 0.271 e.